The molecule has 9 heteroatoms. The van der Waals surface area contributed by atoms with E-state index in [1.165, 1.54) is 22.2 Å². The highest BCUT2D eigenvalue weighted by Crippen LogP contribution is 2.28. The highest BCUT2D eigenvalue weighted by atomic mass is 32.1. The molecular formula is C24H31N5O3S. The van der Waals surface area contributed by atoms with Crippen molar-refractivity contribution in [3.05, 3.63) is 58.0 Å². The van der Waals surface area contributed by atoms with Crippen LogP contribution in [-0.2, 0) is 11.3 Å². The Morgan fingerprint density at radius 2 is 2.03 bits per heavy atom. The maximum atomic E-state index is 13.0. The van der Waals surface area contributed by atoms with Crippen molar-refractivity contribution in [2.24, 2.45) is 5.73 Å². The van der Waals surface area contributed by atoms with Gasteiger partial charge in [0.1, 0.15) is 10.2 Å². The summed E-state index contributed by atoms with van der Waals surface area (Å²) in [5.41, 5.74) is 6.93. The van der Waals surface area contributed by atoms with Gasteiger partial charge >= 0.3 is 0 Å². The van der Waals surface area contributed by atoms with Crippen LogP contribution in [-0.4, -0.2) is 57.2 Å². The van der Waals surface area contributed by atoms with Crippen LogP contribution >= 0.6 is 11.3 Å². The second kappa shape index (κ2) is 10.0. The molecule has 1 aromatic carbocycles. The van der Waals surface area contributed by atoms with Gasteiger partial charge in [0.05, 0.1) is 24.2 Å². The lowest BCUT2D eigenvalue weighted by Gasteiger charge is -2.38. The number of nitrogens with zero attached hydrogens (tertiary/aromatic N) is 3. The summed E-state index contributed by atoms with van der Waals surface area (Å²) >= 11 is 1.34. The van der Waals surface area contributed by atoms with Crippen molar-refractivity contribution in [1.82, 2.24) is 14.5 Å². The Bertz CT molecular complexity index is 1150. The van der Waals surface area contributed by atoms with Crippen molar-refractivity contribution in [3.63, 3.8) is 0 Å². The van der Waals surface area contributed by atoms with E-state index in [0.29, 0.717) is 55.7 Å². The topological polar surface area (TPSA) is 113 Å². The van der Waals surface area contributed by atoms with Crippen LogP contribution in [0.3, 0.4) is 0 Å². The number of aliphatic hydroxyl groups is 1. The number of amides is 1. The fourth-order valence-electron chi connectivity index (χ4n) is 4.32. The van der Waals surface area contributed by atoms with E-state index < -0.39 is 5.60 Å². The van der Waals surface area contributed by atoms with Gasteiger partial charge in [-0.3, -0.25) is 14.2 Å². The standard InChI is InChI=1S/C24H31N5O3S/c1-17(18-5-3-2-4-6-18)13-20(30)28-11-7-24(32,8-12-28)15-29-16-27-21-19(26-10-9-25)14-33-22(21)23(29)31/h2-6,14,16-17,26,32H,7-13,15,25H2,1H3. The van der Waals surface area contributed by atoms with Crippen molar-refractivity contribution in [2.75, 3.05) is 31.5 Å². The van der Waals surface area contributed by atoms with Crippen LogP contribution in [0.25, 0.3) is 10.2 Å². The molecule has 0 radical (unpaired) electrons. The third kappa shape index (κ3) is 5.26. The molecule has 4 N–H and O–H groups in total. The van der Waals surface area contributed by atoms with E-state index in [4.69, 9.17) is 5.73 Å². The van der Waals surface area contributed by atoms with Gasteiger partial charge in [-0.15, -0.1) is 11.3 Å². The van der Waals surface area contributed by atoms with Crippen molar-refractivity contribution >= 4 is 33.1 Å². The van der Waals surface area contributed by atoms with Crippen molar-refractivity contribution in [1.29, 1.82) is 0 Å². The summed E-state index contributed by atoms with van der Waals surface area (Å²) in [6.07, 6.45) is 2.80. The van der Waals surface area contributed by atoms with Crippen molar-refractivity contribution in [3.8, 4) is 0 Å². The van der Waals surface area contributed by atoms with Gasteiger partial charge < -0.3 is 21.1 Å². The number of hydrogen-bond donors (Lipinski definition) is 3. The molecule has 8 nitrogen and oxygen atoms in total. The quantitative estimate of drug-likeness (QED) is 0.467. The van der Waals surface area contributed by atoms with Crippen LogP contribution in [0.15, 0.2) is 46.8 Å². The number of carbonyl (C=O) groups is 1. The minimum atomic E-state index is -1.04. The van der Waals surface area contributed by atoms with E-state index in [0.717, 1.165) is 11.3 Å². The van der Waals surface area contributed by atoms with E-state index in [2.05, 4.69) is 17.2 Å². The first-order valence-electron chi connectivity index (χ1n) is 11.4. The number of nitrogens with two attached hydrogens (primary N) is 1. The maximum absolute atomic E-state index is 13.0. The summed E-state index contributed by atoms with van der Waals surface area (Å²) < 4.78 is 2.05. The molecular weight excluding hydrogens is 438 g/mol. The average Bonchev–Trinajstić information content (AvgIpc) is 3.24. The Morgan fingerprint density at radius 1 is 1.30 bits per heavy atom. The molecule has 4 rings (SSSR count). The Hall–Kier alpha value is -2.75. The van der Waals surface area contributed by atoms with E-state index >= 15 is 0 Å². The minimum absolute atomic E-state index is 0.102. The predicted octanol–water partition coefficient (Wildman–Crippen LogP) is 2.38. The SMILES string of the molecule is CC(CC(=O)N1CCC(O)(Cn2cnc3c(NCCN)csc3c2=O)CC1)c1ccccc1. The van der Waals surface area contributed by atoms with Gasteiger partial charge in [0.25, 0.3) is 5.56 Å². The van der Waals surface area contributed by atoms with Crippen LogP contribution in [0.1, 0.15) is 37.7 Å². The van der Waals surface area contributed by atoms with Crippen LogP contribution < -0.4 is 16.6 Å². The minimum Gasteiger partial charge on any atom is -0.388 e. The first-order chi connectivity index (χ1) is 15.9. The monoisotopic (exact) mass is 469 g/mol. The molecule has 0 bridgehead atoms. The maximum Gasteiger partial charge on any atom is 0.271 e. The van der Waals surface area contributed by atoms with Gasteiger partial charge in [-0.2, -0.15) is 0 Å². The molecule has 33 heavy (non-hydrogen) atoms. The molecule has 3 aromatic rings. The molecule has 0 aliphatic carbocycles. The summed E-state index contributed by atoms with van der Waals surface area (Å²) in [5, 5.41) is 16.2. The third-order valence-corrected chi connectivity index (χ3v) is 7.32. The molecule has 176 valence electrons. The molecule has 1 aliphatic heterocycles. The Morgan fingerprint density at radius 3 is 2.73 bits per heavy atom. The zero-order valence-corrected chi connectivity index (χ0v) is 19.7. The smallest absolute Gasteiger partial charge is 0.271 e. The number of rotatable bonds is 8. The van der Waals surface area contributed by atoms with Gasteiger partial charge in [0.2, 0.25) is 5.91 Å². The molecule has 1 amide bonds. The number of anilines is 1. The zero-order chi connectivity index (χ0) is 23.4. The van der Waals surface area contributed by atoms with Crippen LogP contribution in [0, 0.1) is 0 Å². The van der Waals surface area contributed by atoms with Gasteiger partial charge in [-0.05, 0) is 24.3 Å². The van der Waals surface area contributed by atoms with Crippen LogP contribution in [0.4, 0.5) is 5.69 Å². The first kappa shape index (κ1) is 23.4. The number of nitrogens with one attached hydrogen (secondary N) is 1. The number of aromatic nitrogens is 2. The van der Waals surface area contributed by atoms with E-state index in [1.807, 2.05) is 40.6 Å². The normalized spacial score (nSPS) is 16.6. The molecule has 3 heterocycles. The highest BCUT2D eigenvalue weighted by molar-refractivity contribution is 7.17. The number of hydrogen-bond acceptors (Lipinski definition) is 7. The zero-order valence-electron chi connectivity index (χ0n) is 18.9. The first-order valence-corrected chi connectivity index (χ1v) is 12.2. The molecule has 0 spiro atoms. The van der Waals surface area contributed by atoms with Crippen molar-refractivity contribution in [2.45, 2.75) is 44.2 Å². The van der Waals surface area contributed by atoms with Gasteiger partial charge in [0, 0.05) is 38.0 Å². The fraction of sp³-hybridized carbons (Fsp3) is 0.458. The number of fused-ring (bicyclic) bond motifs is 1. The summed E-state index contributed by atoms with van der Waals surface area (Å²) in [6, 6.07) is 10.0. The largest absolute Gasteiger partial charge is 0.388 e. The summed E-state index contributed by atoms with van der Waals surface area (Å²) in [7, 11) is 0. The van der Waals surface area contributed by atoms with E-state index in [9.17, 15) is 14.7 Å². The Labute approximate surface area is 197 Å². The van der Waals surface area contributed by atoms with Crippen LogP contribution in [0.2, 0.25) is 0 Å². The summed E-state index contributed by atoms with van der Waals surface area (Å²) in [4.78, 5) is 32.0. The number of benzene rings is 1. The van der Waals surface area contributed by atoms with Crippen molar-refractivity contribution < 1.29 is 9.90 Å². The molecule has 1 atom stereocenters. The lowest BCUT2D eigenvalue weighted by Crippen LogP contribution is -2.49. The third-order valence-electron chi connectivity index (χ3n) is 6.37. The van der Waals surface area contributed by atoms with Gasteiger partial charge in [-0.1, -0.05) is 37.3 Å². The van der Waals surface area contributed by atoms with Gasteiger partial charge in [-0.25, -0.2) is 4.98 Å². The number of carbonyl (C=O) groups excluding carboxylic acids is 1. The lowest BCUT2D eigenvalue weighted by molar-refractivity contribution is -0.136. The molecule has 1 saturated heterocycles. The van der Waals surface area contributed by atoms with E-state index in [-0.39, 0.29) is 23.9 Å². The molecule has 0 saturated carbocycles. The summed E-state index contributed by atoms with van der Waals surface area (Å²) in [6.45, 7) is 4.29. The molecule has 2 aromatic heterocycles. The average molecular weight is 470 g/mol. The lowest BCUT2D eigenvalue weighted by atomic mass is 9.90. The second-order valence-electron chi connectivity index (χ2n) is 8.84. The molecule has 1 fully saturated rings. The molecule has 1 aliphatic rings. The second-order valence-corrected chi connectivity index (χ2v) is 9.72. The highest BCUT2D eigenvalue weighted by Gasteiger charge is 2.35. The van der Waals surface area contributed by atoms with Crippen LogP contribution in [0.5, 0.6) is 0 Å². The Balaban J connectivity index is 1.37. The fourth-order valence-corrected chi connectivity index (χ4v) is 5.25. The summed E-state index contributed by atoms with van der Waals surface area (Å²) in [5.74, 6) is 0.246. The predicted molar refractivity (Wildman–Crippen MR) is 132 cm³/mol. The number of thiophene rings is 1. The number of likely N-dealkylation sites (tertiary alicyclic amines) is 1. The Kier molecular flexibility index (Phi) is 7.11. The number of piperidine rings is 1. The van der Waals surface area contributed by atoms with Gasteiger partial charge in [0.15, 0.2) is 0 Å². The molecule has 1 unspecified atom stereocenters. The van der Waals surface area contributed by atoms with E-state index in [1.54, 1.807) is 0 Å².